The van der Waals surface area contributed by atoms with Gasteiger partial charge in [-0.25, -0.2) is 0 Å². The van der Waals surface area contributed by atoms with Crippen LogP contribution in [-0.2, 0) is 9.59 Å². The average molecular weight is 224 g/mol. The summed E-state index contributed by atoms with van der Waals surface area (Å²) in [6.07, 6.45) is 8.07. The smallest absolute Gasteiger partial charge is 0.307 e. The lowest BCUT2D eigenvalue weighted by Gasteiger charge is -1.99. The first-order valence-corrected chi connectivity index (χ1v) is 5.53. The van der Waals surface area contributed by atoms with Gasteiger partial charge in [-0.05, 0) is 33.1 Å². The van der Waals surface area contributed by atoms with Gasteiger partial charge in [-0.15, -0.1) is 0 Å². The molecule has 0 aromatic heterocycles. The molecule has 0 rings (SSSR count). The molecule has 0 saturated carbocycles. The SMILES string of the molecule is CC(=CCCC(C)=CCC(=O)O)CCC=O. The van der Waals surface area contributed by atoms with Crippen molar-refractivity contribution in [2.45, 2.75) is 46.0 Å². The largest absolute Gasteiger partial charge is 0.481 e. The molecule has 0 aromatic rings. The summed E-state index contributed by atoms with van der Waals surface area (Å²) in [5.74, 6) is -0.794. The average Bonchev–Trinajstić information content (AvgIpc) is 2.23. The van der Waals surface area contributed by atoms with Crippen LogP contribution in [0.3, 0.4) is 0 Å². The maximum atomic E-state index is 10.3. The van der Waals surface area contributed by atoms with Gasteiger partial charge in [-0.2, -0.15) is 0 Å². The fourth-order valence-corrected chi connectivity index (χ4v) is 1.30. The first kappa shape index (κ1) is 14.6. The summed E-state index contributed by atoms with van der Waals surface area (Å²) < 4.78 is 0. The second-order valence-corrected chi connectivity index (χ2v) is 3.94. The van der Waals surface area contributed by atoms with E-state index in [0.29, 0.717) is 6.42 Å². The predicted octanol–water partition coefficient (Wildman–Crippen LogP) is 3.11. The highest BCUT2D eigenvalue weighted by Crippen LogP contribution is 2.10. The van der Waals surface area contributed by atoms with Crippen LogP contribution < -0.4 is 0 Å². The molecular weight excluding hydrogens is 204 g/mol. The van der Waals surface area contributed by atoms with Crippen molar-refractivity contribution in [3.8, 4) is 0 Å². The van der Waals surface area contributed by atoms with Crippen LogP contribution >= 0.6 is 0 Å². The Labute approximate surface area is 96.9 Å². The highest BCUT2D eigenvalue weighted by molar-refractivity contribution is 5.68. The fourth-order valence-electron chi connectivity index (χ4n) is 1.30. The molecule has 3 nitrogen and oxygen atoms in total. The van der Waals surface area contributed by atoms with Gasteiger partial charge in [0.15, 0.2) is 0 Å². The van der Waals surface area contributed by atoms with E-state index in [2.05, 4.69) is 6.08 Å². The van der Waals surface area contributed by atoms with Gasteiger partial charge in [-0.3, -0.25) is 4.79 Å². The van der Waals surface area contributed by atoms with Crippen LogP contribution in [0, 0.1) is 0 Å². The molecule has 0 amide bonds. The molecule has 0 aliphatic carbocycles. The van der Waals surface area contributed by atoms with Gasteiger partial charge in [-0.1, -0.05) is 23.3 Å². The van der Waals surface area contributed by atoms with Gasteiger partial charge in [0.1, 0.15) is 6.29 Å². The van der Waals surface area contributed by atoms with Crippen LogP contribution in [0.5, 0.6) is 0 Å². The van der Waals surface area contributed by atoms with Crippen LogP contribution in [0.15, 0.2) is 23.3 Å². The summed E-state index contributed by atoms with van der Waals surface area (Å²) in [5.41, 5.74) is 2.32. The zero-order chi connectivity index (χ0) is 12.4. The lowest BCUT2D eigenvalue weighted by atomic mass is 10.1. The Balaban J connectivity index is 3.82. The van der Waals surface area contributed by atoms with Crippen molar-refractivity contribution in [3.63, 3.8) is 0 Å². The molecule has 1 N–H and O–H groups in total. The summed E-state index contributed by atoms with van der Waals surface area (Å²) in [7, 11) is 0. The number of hydrogen-bond acceptors (Lipinski definition) is 2. The number of carboxylic acids is 1. The predicted molar refractivity (Wildman–Crippen MR) is 64.3 cm³/mol. The third-order valence-electron chi connectivity index (χ3n) is 2.31. The molecule has 16 heavy (non-hydrogen) atoms. The van der Waals surface area contributed by atoms with Gasteiger partial charge in [0.25, 0.3) is 0 Å². The number of allylic oxidation sites excluding steroid dienone is 3. The normalized spacial score (nSPS) is 12.6. The van der Waals surface area contributed by atoms with Gasteiger partial charge in [0.2, 0.25) is 0 Å². The number of carbonyl (C=O) groups is 2. The maximum Gasteiger partial charge on any atom is 0.307 e. The molecule has 0 fully saturated rings. The van der Waals surface area contributed by atoms with Crippen molar-refractivity contribution in [1.29, 1.82) is 0 Å². The molecule has 0 saturated heterocycles. The first-order valence-electron chi connectivity index (χ1n) is 5.53. The standard InChI is InChI=1S/C13H20O3/c1-11(7-4-10-14)5-3-6-12(2)8-9-13(15)16/h5,8,10H,3-4,6-7,9H2,1-2H3,(H,15,16). The summed E-state index contributed by atoms with van der Waals surface area (Å²) in [6, 6.07) is 0. The Hall–Kier alpha value is -1.38. The second-order valence-electron chi connectivity index (χ2n) is 3.94. The fraction of sp³-hybridized carbons (Fsp3) is 0.538. The summed E-state index contributed by atoms with van der Waals surface area (Å²) in [5, 5.41) is 8.48. The van der Waals surface area contributed by atoms with E-state index in [-0.39, 0.29) is 6.42 Å². The summed E-state index contributed by atoms with van der Waals surface area (Å²) in [4.78, 5) is 20.5. The zero-order valence-electron chi connectivity index (χ0n) is 10.0. The zero-order valence-corrected chi connectivity index (χ0v) is 10.0. The Morgan fingerprint density at radius 3 is 2.19 bits per heavy atom. The van der Waals surface area contributed by atoms with Crippen LogP contribution in [0.1, 0.15) is 46.0 Å². The first-order chi connectivity index (χ1) is 7.56. The van der Waals surface area contributed by atoms with E-state index in [1.54, 1.807) is 6.08 Å². The van der Waals surface area contributed by atoms with Gasteiger partial charge in [0, 0.05) is 6.42 Å². The van der Waals surface area contributed by atoms with Gasteiger partial charge < -0.3 is 9.90 Å². The second kappa shape index (κ2) is 8.89. The molecule has 0 aromatic carbocycles. The van der Waals surface area contributed by atoms with Crippen molar-refractivity contribution in [2.75, 3.05) is 0 Å². The third kappa shape index (κ3) is 9.19. The Kier molecular flexibility index (Phi) is 8.12. The van der Waals surface area contributed by atoms with E-state index >= 15 is 0 Å². The lowest BCUT2D eigenvalue weighted by Crippen LogP contribution is -1.91. The monoisotopic (exact) mass is 224 g/mol. The van der Waals surface area contributed by atoms with E-state index in [0.717, 1.165) is 31.1 Å². The molecule has 0 atom stereocenters. The summed E-state index contributed by atoms with van der Waals surface area (Å²) >= 11 is 0. The minimum absolute atomic E-state index is 0.0969. The number of carbonyl (C=O) groups excluding carboxylic acids is 1. The number of aliphatic carboxylic acids is 1. The number of hydrogen-bond donors (Lipinski definition) is 1. The molecule has 0 heterocycles. The molecule has 0 spiro atoms. The minimum atomic E-state index is -0.794. The summed E-state index contributed by atoms with van der Waals surface area (Å²) in [6.45, 7) is 3.96. The van der Waals surface area contributed by atoms with Crippen molar-refractivity contribution >= 4 is 12.3 Å². The van der Waals surface area contributed by atoms with Crippen molar-refractivity contribution < 1.29 is 14.7 Å². The molecule has 0 unspecified atom stereocenters. The minimum Gasteiger partial charge on any atom is -0.481 e. The van der Waals surface area contributed by atoms with E-state index < -0.39 is 5.97 Å². The molecule has 90 valence electrons. The Morgan fingerprint density at radius 2 is 1.62 bits per heavy atom. The van der Waals surface area contributed by atoms with E-state index in [4.69, 9.17) is 5.11 Å². The van der Waals surface area contributed by atoms with Crippen molar-refractivity contribution in [2.24, 2.45) is 0 Å². The molecular formula is C13H20O3. The number of aldehydes is 1. The van der Waals surface area contributed by atoms with Crippen LogP contribution in [0.2, 0.25) is 0 Å². The van der Waals surface area contributed by atoms with E-state index in [1.807, 2.05) is 13.8 Å². The van der Waals surface area contributed by atoms with Crippen LogP contribution in [0.25, 0.3) is 0 Å². The lowest BCUT2D eigenvalue weighted by molar-refractivity contribution is -0.136. The van der Waals surface area contributed by atoms with Crippen LogP contribution in [-0.4, -0.2) is 17.4 Å². The quantitative estimate of drug-likeness (QED) is 0.509. The maximum absolute atomic E-state index is 10.3. The van der Waals surface area contributed by atoms with Crippen molar-refractivity contribution in [1.82, 2.24) is 0 Å². The van der Waals surface area contributed by atoms with Gasteiger partial charge >= 0.3 is 5.97 Å². The molecule has 0 aliphatic rings. The number of rotatable bonds is 8. The van der Waals surface area contributed by atoms with Crippen LogP contribution in [0.4, 0.5) is 0 Å². The van der Waals surface area contributed by atoms with Crippen molar-refractivity contribution in [3.05, 3.63) is 23.3 Å². The van der Waals surface area contributed by atoms with E-state index in [1.165, 1.54) is 5.57 Å². The molecule has 3 heteroatoms. The molecule has 0 aliphatic heterocycles. The van der Waals surface area contributed by atoms with E-state index in [9.17, 15) is 9.59 Å². The topological polar surface area (TPSA) is 54.4 Å². The Bertz CT molecular complexity index is 288. The van der Waals surface area contributed by atoms with Gasteiger partial charge in [0.05, 0.1) is 6.42 Å². The Morgan fingerprint density at radius 1 is 1.06 bits per heavy atom. The number of carboxylic acid groups (broad SMARTS) is 1. The highest BCUT2D eigenvalue weighted by atomic mass is 16.4. The molecule has 0 bridgehead atoms. The molecule has 0 radical (unpaired) electrons. The highest BCUT2D eigenvalue weighted by Gasteiger charge is 1.94. The third-order valence-corrected chi connectivity index (χ3v) is 2.31.